The van der Waals surface area contributed by atoms with Crippen LogP contribution in [0.5, 0.6) is 0 Å². The molecule has 0 amide bonds. The van der Waals surface area contributed by atoms with Gasteiger partial charge in [-0.3, -0.25) is 0 Å². The highest BCUT2D eigenvalue weighted by molar-refractivity contribution is 7.16. The van der Waals surface area contributed by atoms with Crippen LogP contribution < -0.4 is 5.32 Å². The SMILES string of the molecule is CNC(c1cc(C)cc(C)c1)c1ccc(Cl)s1. The van der Waals surface area contributed by atoms with E-state index in [0.29, 0.717) is 0 Å². The molecule has 1 nitrogen and oxygen atoms in total. The van der Waals surface area contributed by atoms with Crippen molar-refractivity contribution in [2.24, 2.45) is 0 Å². The minimum absolute atomic E-state index is 0.228. The molecule has 3 heteroatoms. The first-order chi connectivity index (χ1) is 8.10. The first kappa shape index (κ1) is 12.6. The van der Waals surface area contributed by atoms with Crippen LogP contribution in [-0.4, -0.2) is 7.05 Å². The third-order valence-corrected chi connectivity index (χ3v) is 4.04. The summed E-state index contributed by atoms with van der Waals surface area (Å²) in [6.45, 7) is 4.26. The Morgan fingerprint density at radius 3 is 2.24 bits per heavy atom. The van der Waals surface area contributed by atoms with E-state index in [1.54, 1.807) is 11.3 Å². The Labute approximate surface area is 111 Å². The number of thiophene rings is 1. The smallest absolute Gasteiger partial charge is 0.0931 e. The average Bonchev–Trinajstić information content (AvgIpc) is 2.64. The highest BCUT2D eigenvalue weighted by Crippen LogP contribution is 2.31. The Kier molecular flexibility index (Phi) is 3.87. The number of hydrogen-bond donors (Lipinski definition) is 1. The predicted octanol–water partition coefficient (Wildman–Crippen LogP) is 4.33. The van der Waals surface area contributed by atoms with Gasteiger partial charge in [0.25, 0.3) is 0 Å². The van der Waals surface area contributed by atoms with Crippen molar-refractivity contribution in [3.63, 3.8) is 0 Å². The monoisotopic (exact) mass is 265 g/mol. The van der Waals surface area contributed by atoms with Crippen molar-refractivity contribution in [2.45, 2.75) is 19.9 Å². The highest BCUT2D eigenvalue weighted by Gasteiger charge is 2.14. The van der Waals surface area contributed by atoms with E-state index >= 15 is 0 Å². The van der Waals surface area contributed by atoms with Crippen molar-refractivity contribution in [3.8, 4) is 0 Å². The van der Waals surface area contributed by atoms with Gasteiger partial charge in [-0.05, 0) is 38.6 Å². The first-order valence-electron chi connectivity index (χ1n) is 5.61. The van der Waals surface area contributed by atoms with Crippen molar-refractivity contribution in [3.05, 3.63) is 56.2 Å². The Morgan fingerprint density at radius 2 is 1.76 bits per heavy atom. The molecule has 17 heavy (non-hydrogen) atoms. The normalized spacial score (nSPS) is 12.7. The minimum Gasteiger partial charge on any atom is -0.309 e. The molecule has 0 saturated heterocycles. The molecule has 0 spiro atoms. The van der Waals surface area contributed by atoms with Gasteiger partial charge in [-0.15, -0.1) is 11.3 Å². The summed E-state index contributed by atoms with van der Waals surface area (Å²) in [4.78, 5) is 1.25. The molecule has 0 radical (unpaired) electrons. The molecule has 2 aromatic rings. The molecular formula is C14H16ClNS. The second-order valence-electron chi connectivity index (χ2n) is 4.28. The summed E-state index contributed by atoms with van der Waals surface area (Å²) in [6.07, 6.45) is 0. The fourth-order valence-electron chi connectivity index (χ4n) is 2.13. The van der Waals surface area contributed by atoms with Crippen molar-refractivity contribution in [2.75, 3.05) is 7.05 Å². The molecular weight excluding hydrogens is 250 g/mol. The maximum absolute atomic E-state index is 6.00. The van der Waals surface area contributed by atoms with Crippen molar-refractivity contribution in [1.82, 2.24) is 5.32 Å². The summed E-state index contributed by atoms with van der Waals surface area (Å²) in [5.74, 6) is 0. The maximum atomic E-state index is 6.00. The van der Waals surface area contributed by atoms with Crippen LogP contribution in [0.4, 0.5) is 0 Å². The Balaban J connectivity index is 2.41. The molecule has 1 unspecified atom stereocenters. The summed E-state index contributed by atoms with van der Waals surface area (Å²) in [5, 5.41) is 3.35. The van der Waals surface area contributed by atoms with Crippen molar-refractivity contribution in [1.29, 1.82) is 0 Å². The summed E-state index contributed by atoms with van der Waals surface area (Å²) in [6, 6.07) is 10.9. The van der Waals surface area contributed by atoms with Gasteiger partial charge in [0.1, 0.15) is 0 Å². The molecule has 0 aliphatic rings. The van der Waals surface area contributed by atoms with Crippen molar-refractivity contribution >= 4 is 22.9 Å². The summed E-state index contributed by atoms with van der Waals surface area (Å²) < 4.78 is 0.838. The molecule has 0 bridgehead atoms. The first-order valence-corrected chi connectivity index (χ1v) is 6.80. The van der Waals surface area contributed by atoms with Gasteiger partial charge in [-0.2, -0.15) is 0 Å². The number of hydrogen-bond acceptors (Lipinski definition) is 2. The second kappa shape index (κ2) is 5.21. The van der Waals surface area contributed by atoms with Gasteiger partial charge in [0.05, 0.1) is 10.4 Å². The number of rotatable bonds is 3. The lowest BCUT2D eigenvalue weighted by molar-refractivity contribution is 0.702. The molecule has 1 heterocycles. The van der Waals surface area contributed by atoms with Gasteiger partial charge in [-0.25, -0.2) is 0 Å². The Hall–Kier alpha value is -0.830. The van der Waals surface area contributed by atoms with E-state index in [1.807, 2.05) is 13.1 Å². The van der Waals surface area contributed by atoms with E-state index in [-0.39, 0.29) is 6.04 Å². The van der Waals surface area contributed by atoms with Crippen LogP contribution in [0.3, 0.4) is 0 Å². The highest BCUT2D eigenvalue weighted by atomic mass is 35.5. The molecule has 1 aromatic heterocycles. The van der Waals surface area contributed by atoms with Gasteiger partial charge < -0.3 is 5.32 Å². The average molecular weight is 266 g/mol. The van der Waals surface area contributed by atoms with Gasteiger partial charge in [0.15, 0.2) is 0 Å². The van der Waals surface area contributed by atoms with Crippen LogP contribution >= 0.6 is 22.9 Å². The van der Waals surface area contributed by atoms with Gasteiger partial charge >= 0.3 is 0 Å². The van der Waals surface area contributed by atoms with E-state index in [0.717, 1.165) is 4.34 Å². The lowest BCUT2D eigenvalue weighted by Crippen LogP contribution is -2.16. The van der Waals surface area contributed by atoms with E-state index in [2.05, 4.69) is 43.4 Å². The summed E-state index contributed by atoms with van der Waals surface area (Å²) >= 11 is 7.63. The summed E-state index contributed by atoms with van der Waals surface area (Å²) in [5.41, 5.74) is 3.88. The number of halogens is 1. The molecule has 90 valence electrons. The third-order valence-electron chi connectivity index (χ3n) is 2.74. The van der Waals surface area contributed by atoms with E-state index in [4.69, 9.17) is 11.6 Å². The molecule has 0 aliphatic heterocycles. The zero-order valence-corrected chi connectivity index (χ0v) is 11.8. The van der Waals surface area contributed by atoms with Crippen LogP contribution in [0.2, 0.25) is 4.34 Å². The molecule has 1 N–H and O–H groups in total. The topological polar surface area (TPSA) is 12.0 Å². The maximum Gasteiger partial charge on any atom is 0.0931 e. The van der Waals surface area contributed by atoms with Gasteiger partial charge in [0, 0.05) is 4.88 Å². The fourth-order valence-corrected chi connectivity index (χ4v) is 3.33. The van der Waals surface area contributed by atoms with Crippen LogP contribution in [0.1, 0.15) is 27.6 Å². The Bertz CT molecular complexity index is 498. The van der Waals surface area contributed by atoms with Gasteiger partial charge in [-0.1, -0.05) is 40.9 Å². The third kappa shape index (κ3) is 2.89. The molecule has 2 rings (SSSR count). The zero-order valence-electron chi connectivity index (χ0n) is 10.3. The number of benzene rings is 1. The zero-order chi connectivity index (χ0) is 12.4. The van der Waals surface area contributed by atoms with Crippen LogP contribution in [0.15, 0.2) is 30.3 Å². The molecule has 0 aliphatic carbocycles. The van der Waals surface area contributed by atoms with E-state index < -0.39 is 0 Å². The van der Waals surface area contributed by atoms with Crippen LogP contribution in [0.25, 0.3) is 0 Å². The van der Waals surface area contributed by atoms with Crippen molar-refractivity contribution < 1.29 is 0 Å². The number of aryl methyl sites for hydroxylation is 2. The lowest BCUT2D eigenvalue weighted by Gasteiger charge is -2.16. The Morgan fingerprint density at radius 1 is 1.12 bits per heavy atom. The quantitative estimate of drug-likeness (QED) is 0.871. The molecule has 0 saturated carbocycles. The van der Waals surface area contributed by atoms with Crippen LogP contribution in [0, 0.1) is 13.8 Å². The fraction of sp³-hybridized carbons (Fsp3) is 0.286. The van der Waals surface area contributed by atoms with E-state index in [1.165, 1.54) is 21.6 Å². The number of nitrogens with one attached hydrogen (secondary N) is 1. The van der Waals surface area contributed by atoms with Crippen LogP contribution in [-0.2, 0) is 0 Å². The molecule has 1 atom stereocenters. The summed E-state index contributed by atoms with van der Waals surface area (Å²) in [7, 11) is 1.98. The van der Waals surface area contributed by atoms with E-state index in [9.17, 15) is 0 Å². The predicted molar refractivity (Wildman–Crippen MR) is 76.1 cm³/mol. The standard InChI is InChI=1S/C14H16ClNS/c1-9-6-10(2)8-11(7-9)14(16-3)12-4-5-13(15)17-12/h4-8,14,16H,1-3H3. The minimum atomic E-state index is 0.228. The molecule has 1 aromatic carbocycles. The lowest BCUT2D eigenvalue weighted by atomic mass is 10.0. The second-order valence-corrected chi connectivity index (χ2v) is 6.03. The largest absolute Gasteiger partial charge is 0.309 e. The van der Waals surface area contributed by atoms with Gasteiger partial charge in [0.2, 0.25) is 0 Å². The molecule has 0 fully saturated rings.